The van der Waals surface area contributed by atoms with E-state index in [1.165, 1.54) is 17.6 Å². The van der Waals surface area contributed by atoms with E-state index in [0.717, 1.165) is 24.2 Å². The van der Waals surface area contributed by atoms with Gasteiger partial charge in [-0.15, -0.1) is 0 Å². The summed E-state index contributed by atoms with van der Waals surface area (Å²) in [5.41, 5.74) is 2.14. The standard InChI is InChI=1S/C26H26N2O4S2/c1-3-4-16-32-21-12-10-20(11-13-21)25(29)28(18-19-8-6-5-7-9-19)26-27-23-15-14-22(34(2,30)31)17-24(23)33-26/h5-15,17H,3-4,16,18H2,1-2H3. The monoisotopic (exact) mass is 494 g/mol. The summed E-state index contributed by atoms with van der Waals surface area (Å²) in [5, 5.41) is 0.512. The summed E-state index contributed by atoms with van der Waals surface area (Å²) in [6, 6.07) is 21.7. The Kier molecular flexibility index (Phi) is 7.29. The molecule has 0 fully saturated rings. The lowest BCUT2D eigenvalue weighted by Crippen LogP contribution is -2.30. The number of unbranched alkanes of at least 4 members (excludes halogenated alkanes) is 1. The van der Waals surface area contributed by atoms with Gasteiger partial charge in [-0.25, -0.2) is 13.4 Å². The second kappa shape index (κ2) is 10.4. The van der Waals surface area contributed by atoms with E-state index in [4.69, 9.17) is 4.74 Å². The second-order valence-corrected chi connectivity index (χ2v) is 11.0. The highest BCUT2D eigenvalue weighted by Crippen LogP contribution is 2.32. The molecule has 6 nitrogen and oxygen atoms in total. The van der Waals surface area contributed by atoms with Crippen LogP contribution in [0.25, 0.3) is 10.2 Å². The highest BCUT2D eigenvalue weighted by molar-refractivity contribution is 7.90. The number of nitrogens with zero attached hydrogens (tertiary/aromatic N) is 2. The van der Waals surface area contributed by atoms with Crippen LogP contribution in [0, 0.1) is 0 Å². The maximum atomic E-state index is 13.6. The van der Waals surface area contributed by atoms with E-state index >= 15 is 0 Å². The van der Waals surface area contributed by atoms with Crippen LogP contribution in [0.5, 0.6) is 5.75 Å². The lowest BCUT2D eigenvalue weighted by molar-refractivity contribution is 0.0985. The first-order valence-electron chi connectivity index (χ1n) is 11.0. The van der Waals surface area contributed by atoms with Gasteiger partial charge < -0.3 is 4.74 Å². The molecular weight excluding hydrogens is 468 g/mol. The molecule has 0 saturated heterocycles. The van der Waals surface area contributed by atoms with Crippen LogP contribution >= 0.6 is 11.3 Å². The van der Waals surface area contributed by atoms with Gasteiger partial charge >= 0.3 is 0 Å². The highest BCUT2D eigenvalue weighted by atomic mass is 32.2. The average molecular weight is 495 g/mol. The van der Waals surface area contributed by atoms with Crippen molar-refractivity contribution in [1.29, 1.82) is 0 Å². The number of fused-ring (bicyclic) bond motifs is 1. The number of amides is 1. The zero-order chi connectivity index (χ0) is 24.1. The molecule has 176 valence electrons. The summed E-state index contributed by atoms with van der Waals surface area (Å²) in [6.45, 7) is 3.09. The van der Waals surface area contributed by atoms with Crippen molar-refractivity contribution >= 4 is 42.4 Å². The number of carbonyl (C=O) groups excluding carboxylic acids is 1. The van der Waals surface area contributed by atoms with Gasteiger partial charge in [0.1, 0.15) is 5.75 Å². The van der Waals surface area contributed by atoms with Crippen LogP contribution in [-0.2, 0) is 16.4 Å². The Labute approximate surface area is 203 Å². The van der Waals surface area contributed by atoms with Crippen molar-refractivity contribution in [2.45, 2.75) is 31.2 Å². The molecular formula is C26H26N2O4S2. The van der Waals surface area contributed by atoms with Gasteiger partial charge in [-0.05, 0) is 54.4 Å². The molecule has 0 spiro atoms. The smallest absolute Gasteiger partial charge is 0.260 e. The summed E-state index contributed by atoms with van der Waals surface area (Å²) in [6.07, 6.45) is 3.21. The minimum Gasteiger partial charge on any atom is -0.494 e. The van der Waals surface area contributed by atoms with Gasteiger partial charge in [-0.2, -0.15) is 0 Å². The van der Waals surface area contributed by atoms with Crippen molar-refractivity contribution < 1.29 is 17.9 Å². The molecule has 0 atom stereocenters. The Morgan fingerprint density at radius 3 is 2.44 bits per heavy atom. The van der Waals surface area contributed by atoms with Gasteiger partial charge in [0.05, 0.1) is 28.3 Å². The lowest BCUT2D eigenvalue weighted by Gasteiger charge is -2.20. The Hall–Kier alpha value is -3.23. The van der Waals surface area contributed by atoms with Crippen LogP contribution < -0.4 is 9.64 Å². The zero-order valence-electron chi connectivity index (χ0n) is 19.1. The van der Waals surface area contributed by atoms with Crippen LogP contribution in [0.4, 0.5) is 5.13 Å². The third-order valence-electron chi connectivity index (χ3n) is 5.30. The van der Waals surface area contributed by atoms with Gasteiger partial charge in [0.25, 0.3) is 5.91 Å². The highest BCUT2D eigenvalue weighted by Gasteiger charge is 2.22. The van der Waals surface area contributed by atoms with E-state index in [1.54, 1.807) is 47.4 Å². The molecule has 1 aromatic heterocycles. The van der Waals surface area contributed by atoms with Crippen molar-refractivity contribution in [2.75, 3.05) is 17.8 Å². The third kappa shape index (κ3) is 5.63. The Balaban J connectivity index is 1.67. The van der Waals surface area contributed by atoms with Gasteiger partial charge in [-0.1, -0.05) is 55.0 Å². The lowest BCUT2D eigenvalue weighted by atomic mass is 10.1. The van der Waals surface area contributed by atoms with E-state index in [9.17, 15) is 13.2 Å². The molecule has 0 radical (unpaired) electrons. The zero-order valence-corrected chi connectivity index (χ0v) is 20.7. The van der Waals surface area contributed by atoms with Crippen molar-refractivity contribution in [1.82, 2.24) is 4.98 Å². The van der Waals surface area contributed by atoms with Gasteiger partial charge in [0.15, 0.2) is 15.0 Å². The molecule has 0 aliphatic heterocycles. The maximum absolute atomic E-state index is 13.6. The molecule has 0 N–H and O–H groups in total. The van der Waals surface area contributed by atoms with Gasteiger partial charge in [-0.3, -0.25) is 9.69 Å². The number of sulfone groups is 1. The number of anilines is 1. The first kappa shape index (κ1) is 23.9. The van der Waals surface area contributed by atoms with Crippen LogP contribution in [0.2, 0.25) is 0 Å². The number of carbonyl (C=O) groups is 1. The molecule has 34 heavy (non-hydrogen) atoms. The number of benzene rings is 3. The first-order chi connectivity index (χ1) is 16.3. The molecule has 4 aromatic rings. The van der Waals surface area contributed by atoms with E-state index in [0.29, 0.717) is 34.1 Å². The summed E-state index contributed by atoms with van der Waals surface area (Å²) in [4.78, 5) is 20.1. The number of ether oxygens (including phenoxy) is 1. The predicted molar refractivity (Wildman–Crippen MR) is 137 cm³/mol. The minimum absolute atomic E-state index is 0.189. The summed E-state index contributed by atoms with van der Waals surface area (Å²) in [7, 11) is -3.34. The third-order valence-corrected chi connectivity index (χ3v) is 7.46. The molecule has 1 heterocycles. The van der Waals surface area contributed by atoms with Crippen LogP contribution in [0.15, 0.2) is 77.7 Å². The van der Waals surface area contributed by atoms with Crippen molar-refractivity contribution in [3.63, 3.8) is 0 Å². The largest absolute Gasteiger partial charge is 0.494 e. The number of hydrogen-bond acceptors (Lipinski definition) is 6. The fourth-order valence-corrected chi connectivity index (χ4v) is 5.14. The van der Waals surface area contributed by atoms with E-state index < -0.39 is 9.84 Å². The molecule has 0 saturated carbocycles. The Morgan fingerprint density at radius 2 is 1.76 bits per heavy atom. The number of rotatable bonds is 9. The number of aromatic nitrogens is 1. The molecule has 8 heteroatoms. The molecule has 3 aromatic carbocycles. The quantitative estimate of drug-likeness (QED) is 0.278. The summed E-state index contributed by atoms with van der Waals surface area (Å²) >= 11 is 1.30. The van der Waals surface area contributed by atoms with Crippen molar-refractivity contribution in [2.24, 2.45) is 0 Å². The van der Waals surface area contributed by atoms with Gasteiger partial charge in [0, 0.05) is 11.8 Å². The fourth-order valence-electron chi connectivity index (χ4n) is 3.42. The minimum atomic E-state index is -3.34. The molecule has 0 bridgehead atoms. The second-order valence-electron chi connectivity index (χ2n) is 8.00. The first-order valence-corrected chi connectivity index (χ1v) is 13.8. The van der Waals surface area contributed by atoms with Gasteiger partial charge in [0.2, 0.25) is 0 Å². The molecule has 0 aliphatic carbocycles. The fraction of sp³-hybridized carbons (Fsp3) is 0.231. The molecule has 0 aliphatic rings. The molecule has 4 rings (SSSR count). The normalized spacial score (nSPS) is 11.5. The summed E-state index contributed by atoms with van der Waals surface area (Å²) in [5.74, 6) is 0.541. The predicted octanol–water partition coefficient (Wildman–Crippen LogP) is 5.73. The van der Waals surface area contributed by atoms with Crippen molar-refractivity contribution in [3.05, 3.63) is 83.9 Å². The van der Waals surface area contributed by atoms with E-state index in [-0.39, 0.29) is 10.8 Å². The topological polar surface area (TPSA) is 76.6 Å². The van der Waals surface area contributed by atoms with Crippen LogP contribution in [-0.4, -0.2) is 32.2 Å². The number of hydrogen-bond donors (Lipinski definition) is 0. The summed E-state index contributed by atoms with van der Waals surface area (Å²) < 4.78 is 30.4. The van der Waals surface area contributed by atoms with Crippen LogP contribution in [0.1, 0.15) is 35.7 Å². The molecule has 1 amide bonds. The Morgan fingerprint density at radius 1 is 1.03 bits per heavy atom. The number of thiazole rings is 1. The van der Waals surface area contributed by atoms with E-state index in [2.05, 4.69) is 11.9 Å². The SMILES string of the molecule is CCCCOc1ccc(C(=O)N(Cc2ccccc2)c2nc3ccc(S(C)(=O)=O)cc3s2)cc1. The average Bonchev–Trinajstić information content (AvgIpc) is 3.26. The van der Waals surface area contributed by atoms with Crippen molar-refractivity contribution in [3.8, 4) is 5.75 Å². The Bertz CT molecular complexity index is 1380. The van der Waals surface area contributed by atoms with Crippen LogP contribution in [0.3, 0.4) is 0 Å². The molecule has 0 unspecified atom stereocenters. The van der Waals surface area contributed by atoms with E-state index in [1.807, 2.05) is 30.3 Å². The maximum Gasteiger partial charge on any atom is 0.260 e.